The zero-order valence-corrected chi connectivity index (χ0v) is 12.8. The summed E-state index contributed by atoms with van der Waals surface area (Å²) in [6.07, 6.45) is 1.75. The lowest BCUT2D eigenvalue weighted by atomic mass is 10.2. The number of rotatable bonds is 8. The third kappa shape index (κ3) is 5.82. The molecular formula is C18H20N2O3. The fraction of sp³-hybridized carbons (Fsp3) is 0.222. The van der Waals surface area contributed by atoms with Gasteiger partial charge in [0.2, 0.25) is 5.91 Å². The van der Waals surface area contributed by atoms with Crippen LogP contribution in [-0.4, -0.2) is 18.4 Å². The van der Waals surface area contributed by atoms with E-state index in [0.29, 0.717) is 30.7 Å². The van der Waals surface area contributed by atoms with E-state index in [1.165, 1.54) is 0 Å². The molecule has 120 valence electrons. The van der Waals surface area contributed by atoms with Gasteiger partial charge in [0.15, 0.2) is 0 Å². The standard InChI is InChI=1S/C18H20N2O3/c19-17(21)8-4-5-13-20-18(22)14-9-11-16(12-10-14)23-15-6-2-1-3-7-15/h1-3,6-7,9-12H,4-5,8,13H2,(H2,19,21)(H,20,22). The van der Waals surface area contributed by atoms with Crippen molar-refractivity contribution in [1.29, 1.82) is 0 Å². The van der Waals surface area contributed by atoms with Crippen molar-refractivity contribution in [3.05, 3.63) is 60.2 Å². The second kappa shape index (κ2) is 8.58. The number of hydrogen-bond donors (Lipinski definition) is 2. The predicted octanol–water partition coefficient (Wildman–Crippen LogP) is 2.86. The molecule has 2 amide bonds. The Bertz CT molecular complexity index is 639. The molecule has 0 unspecified atom stereocenters. The lowest BCUT2D eigenvalue weighted by molar-refractivity contribution is -0.118. The maximum Gasteiger partial charge on any atom is 0.251 e. The Balaban J connectivity index is 1.79. The number of nitrogens with two attached hydrogens (primary N) is 1. The molecule has 23 heavy (non-hydrogen) atoms. The molecule has 2 rings (SSSR count). The summed E-state index contributed by atoms with van der Waals surface area (Å²) < 4.78 is 5.67. The quantitative estimate of drug-likeness (QED) is 0.735. The predicted molar refractivity (Wildman–Crippen MR) is 88.3 cm³/mol. The Labute approximate surface area is 135 Å². The summed E-state index contributed by atoms with van der Waals surface area (Å²) in [7, 11) is 0. The maximum absolute atomic E-state index is 12.0. The molecule has 2 aromatic carbocycles. The average molecular weight is 312 g/mol. The molecular weight excluding hydrogens is 292 g/mol. The van der Waals surface area contributed by atoms with Crippen LogP contribution in [0.2, 0.25) is 0 Å². The van der Waals surface area contributed by atoms with Crippen LogP contribution in [0, 0.1) is 0 Å². The number of unbranched alkanes of at least 4 members (excludes halogenated alkanes) is 1. The van der Waals surface area contributed by atoms with Crippen LogP contribution in [0.5, 0.6) is 11.5 Å². The van der Waals surface area contributed by atoms with Crippen LogP contribution in [0.3, 0.4) is 0 Å². The van der Waals surface area contributed by atoms with Gasteiger partial charge in [-0.2, -0.15) is 0 Å². The van der Waals surface area contributed by atoms with Gasteiger partial charge >= 0.3 is 0 Å². The van der Waals surface area contributed by atoms with Crippen LogP contribution in [0.4, 0.5) is 0 Å². The fourth-order valence-corrected chi connectivity index (χ4v) is 2.03. The van der Waals surface area contributed by atoms with Crippen molar-refractivity contribution in [2.75, 3.05) is 6.54 Å². The Morgan fingerprint density at radius 3 is 2.22 bits per heavy atom. The summed E-state index contributed by atoms with van der Waals surface area (Å²) >= 11 is 0. The monoisotopic (exact) mass is 312 g/mol. The molecule has 0 saturated carbocycles. The van der Waals surface area contributed by atoms with Crippen LogP contribution >= 0.6 is 0 Å². The van der Waals surface area contributed by atoms with Gasteiger partial charge < -0.3 is 15.8 Å². The minimum atomic E-state index is -0.315. The number of primary amides is 1. The molecule has 0 saturated heterocycles. The normalized spacial score (nSPS) is 10.1. The summed E-state index contributed by atoms with van der Waals surface area (Å²) in [4.78, 5) is 22.6. The molecule has 0 aliphatic heterocycles. The zero-order valence-electron chi connectivity index (χ0n) is 12.8. The highest BCUT2D eigenvalue weighted by molar-refractivity contribution is 5.94. The highest BCUT2D eigenvalue weighted by Gasteiger charge is 2.05. The van der Waals surface area contributed by atoms with E-state index in [4.69, 9.17) is 10.5 Å². The Morgan fingerprint density at radius 1 is 0.913 bits per heavy atom. The fourth-order valence-electron chi connectivity index (χ4n) is 2.03. The van der Waals surface area contributed by atoms with Crippen LogP contribution < -0.4 is 15.8 Å². The first-order valence-electron chi connectivity index (χ1n) is 7.54. The highest BCUT2D eigenvalue weighted by Crippen LogP contribution is 2.21. The molecule has 0 fully saturated rings. The van der Waals surface area contributed by atoms with Gasteiger partial charge in [-0.15, -0.1) is 0 Å². The van der Waals surface area contributed by atoms with Gasteiger partial charge in [0.05, 0.1) is 0 Å². The van der Waals surface area contributed by atoms with Crippen molar-refractivity contribution in [2.45, 2.75) is 19.3 Å². The molecule has 0 radical (unpaired) electrons. The molecule has 0 spiro atoms. The SMILES string of the molecule is NC(=O)CCCCNC(=O)c1ccc(Oc2ccccc2)cc1. The van der Waals surface area contributed by atoms with E-state index in [-0.39, 0.29) is 11.8 Å². The van der Waals surface area contributed by atoms with E-state index < -0.39 is 0 Å². The van der Waals surface area contributed by atoms with Gasteiger partial charge in [0, 0.05) is 18.5 Å². The van der Waals surface area contributed by atoms with E-state index in [0.717, 1.165) is 12.2 Å². The van der Waals surface area contributed by atoms with Crippen molar-refractivity contribution in [1.82, 2.24) is 5.32 Å². The molecule has 0 bridgehead atoms. The van der Waals surface area contributed by atoms with Gasteiger partial charge in [0.25, 0.3) is 5.91 Å². The lowest BCUT2D eigenvalue weighted by Crippen LogP contribution is -2.24. The van der Waals surface area contributed by atoms with E-state index in [2.05, 4.69) is 5.32 Å². The average Bonchev–Trinajstić information content (AvgIpc) is 2.56. The van der Waals surface area contributed by atoms with Crippen molar-refractivity contribution in [3.8, 4) is 11.5 Å². The second-order valence-electron chi connectivity index (χ2n) is 5.12. The minimum Gasteiger partial charge on any atom is -0.457 e. The molecule has 0 aliphatic rings. The molecule has 0 aliphatic carbocycles. The highest BCUT2D eigenvalue weighted by atomic mass is 16.5. The first-order valence-corrected chi connectivity index (χ1v) is 7.54. The molecule has 5 heteroatoms. The minimum absolute atomic E-state index is 0.143. The molecule has 2 aromatic rings. The van der Waals surface area contributed by atoms with Crippen molar-refractivity contribution >= 4 is 11.8 Å². The topological polar surface area (TPSA) is 81.4 Å². The third-order valence-corrected chi connectivity index (χ3v) is 3.23. The number of carbonyl (C=O) groups excluding carboxylic acids is 2. The number of amides is 2. The maximum atomic E-state index is 12.0. The first-order chi connectivity index (χ1) is 11.1. The summed E-state index contributed by atoms with van der Waals surface area (Å²) in [6, 6.07) is 16.4. The number of para-hydroxylation sites is 1. The smallest absolute Gasteiger partial charge is 0.251 e. The summed E-state index contributed by atoms with van der Waals surface area (Å²) in [5.74, 6) is 0.967. The Hall–Kier alpha value is -2.82. The molecule has 3 N–H and O–H groups in total. The van der Waals surface area contributed by atoms with Gasteiger partial charge in [-0.1, -0.05) is 18.2 Å². The van der Waals surface area contributed by atoms with Gasteiger partial charge in [-0.05, 0) is 49.2 Å². The Kier molecular flexibility index (Phi) is 6.17. The summed E-state index contributed by atoms with van der Waals surface area (Å²) in [6.45, 7) is 0.522. The zero-order chi connectivity index (χ0) is 16.5. The molecule has 0 aromatic heterocycles. The van der Waals surface area contributed by atoms with Crippen molar-refractivity contribution < 1.29 is 14.3 Å². The number of carbonyl (C=O) groups is 2. The van der Waals surface area contributed by atoms with Gasteiger partial charge in [0.1, 0.15) is 11.5 Å². The first kappa shape index (κ1) is 16.5. The van der Waals surface area contributed by atoms with Crippen molar-refractivity contribution in [2.24, 2.45) is 5.73 Å². The van der Waals surface area contributed by atoms with Gasteiger partial charge in [-0.25, -0.2) is 0 Å². The summed E-state index contributed by atoms with van der Waals surface area (Å²) in [5.41, 5.74) is 5.63. The number of hydrogen-bond acceptors (Lipinski definition) is 3. The van der Waals surface area contributed by atoms with E-state index >= 15 is 0 Å². The van der Waals surface area contributed by atoms with Gasteiger partial charge in [-0.3, -0.25) is 9.59 Å². The third-order valence-electron chi connectivity index (χ3n) is 3.23. The van der Waals surface area contributed by atoms with Crippen LogP contribution in [0.1, 0.15) is 29.6 Å². The van der Waals surface area contributed by atoms with Crippen LogP contribution in [0.15, 0.2) is 54.6 Å². The molecule has 0 atom stereocenters. The largest absolute Gasteiger partial charge is 0.457 e. The van der Waals surface area contributed by atoms with E-state index in [9.17, 15) is 9.59 Å². The number of ether oxygens (including phenoxy) is 1. The second-order valence-corrected chi connectivity index (χ2v) is 5.12. The Morgan fingerprint density at radius 2 is 1.57 bits per heavy atom. The van der Waals surface area contributed by atoms with Crippen molar-refractivity contribution in [3.63, 3.8) is 0 Å². The molecule has 5 nitrogen and oxygen atoms in total. The number of benzene rings is 2. The number of nitrogens with one attached hydrogen (secondary N) is 1. The van der Waals surface area contributed by atoms with E-state index in [1.54, 1.807) is 24.3 Å². The summed E-state index contributed by atoms with van der Waals surface area (Å²) in [5, 5.41) is 2.81. The molecule has 0 heterocycles. The van der Waals surface area contributed by atoms with E-state index in [1.807, 2.05) is 30.3 Å². The lowest BCUT2D eigenvalue weighted by Gasteiger charge is -2.07. The van der Waals surface area contributed by atoms with Crippen LogP contribution in [0.25, 0.3) is 0 Å². The van der Waals surface area contributed by atoms with Crippen LogP contribution in [-0.2, 0) is 4.79 Å².